The van der Waals surface area contributed by atoms with Crippen LogP contribution in [0.15, 0.2) is 0 Å². The van der Waals surface area contributed by atoms with Crippen molar-refractivity contribution in [3.05, 3.63) is 29.1 Å². The summed E-state index contributed by atoms with van der Waals surface area (Å²) in [5.74, 6) is -11.0. The molecular weight excluding hydrogens is 469 g/mol. The Labute approximate surface area is 206 Å². The zero-order valence-electron chi connectivity index (χ0n) is 21.6. The number of rotatable bonds is 20. The van der Waals surface area contributed by atoms with Gasteiger partial charge in [-0.3, -0.25) is 0 Å². The van der Waals surface area contributed by atoms with E-state index in [2.05, 4.69) is 12.2 Å². The monoisotopic (exact) mass is 511 g/mol. The van der Waals surface area contributed by atoms with Gasteiger partial charge >= 0.3 is 0 Å². The smallest absolute Gasteiger partial charge is 0.285 e. The predicted octanol–water partition coefficient (Wildman–Crippen LogP) is 8.09. The van der Waals surface area contributed by atoms with Gasteiger partial charge in [0.2, 0.25) is 5.82 Å². The van der Waals surface area contributed by atoms with Crippen LogP contribution in [0, 0.1) is 35.0 Å². The third-order valence-corrected chi connectivity index (χ3v) is 5.93. The van der Waals surface area contributed by atoms with Crippen molar-refractivity contribution in [3.63, 3.8) is 0 Å². The van der Waals surface area contributed by atoms with E-state index in [-0.39, 0.29) is 12.5 Å². The second-order valence-electron chi connectivity index (χ2n) is 8.52. The molecule has 0 saturated heterocycles. The molecule has 0 radical (unpaired) electrons. The molecule has 9 heteroatoms. The summed E-state index contributed by atoms with van der Waals surface area (Å²) in [5, 5.41) is 2.36. The van der Waals surface area contributed by atoms with Crippen molar-refractivity contribution in [3.8, 4) is 0 Å². The normalized spacial score (nSPS) is 12.8. The average Bonchev–Trinajstić information content (AvgIpc) is 2.84. The molecule has 35 heavy (non-hydrogen) atoms. The van der Waals surface area contributed by atoms with Gasteiger partial charge in [-0.2, -0.15) is 0 Å². The molecule has 1 N–H and O–H groups in total. The number of ether oxygens (including phenoxy) is 3. The van der Waals surface area contributed by atoms with Crippen molar-refractivity contribution in [1.82, 2.24) is 0 Å². The maximum absolute atomic E-state index is 13.9. The zero-order valence-corrected chi connectivity index (χ0v) is 21.6. The van der Waals surface area contributed by atoms with Crippen molar-refractivity contribution < 1.29 is 36.2 Å². The minimum absolute atomic E-state index is 0.0486. The van der Waals surface area contributed by atoms with Gasteiger partial charge in [0, 0.05) is 32.3 Å². The summed E-state index contributed by atoms with van der Waals surface area (Å²) in [6, 6.07) is 0. The van der Waals surface area contributed by atoms with E-state index in [9.17, 15) is 22.0 Å². The van der Waals surface area contributed by atoms with Crippen LogP contribution in [0.5, 0.6) is 0 Å². The van der Waals surface area contributed by atoms with E-state index >= 15 is 0 Å². The van der Waals surface area contributed by atoms with Gasteiger partial charge in [-0.25, -0.2) is 22.0 Å². The molecule has 0 aliphatic carbocycles. The van der Waals surface area contributed by atoms with Gasteiger partial charge in [-0.1, -0.05) is 51.9 Å². The van der Waals surface area contributed by atoms with Crippen LogP contribution in [-0.2, 0) is 14.2 Å². The standard InChI is InChI=1S/C26H42F5NO3/c1-5-9-10-11-12-13-16-19(26(33-6-2,34-7-3)35-8-4)17-14-15-18-32-25-23(30)21(28)20(27)22(29)24(25)31/h19,32H,5-18H2,1-4H3. The van der Waals surface area contributed by atoms with Crippen LogP contribution >= 0.6 is 0 Å². The van der Waals surface area contributed by atoms with Gasteiger partial charge in [-0.05, 0) is 40.0 Å². The Balaban J connectivity index is 2.79. The van der Waals surface area contributed by atoms with Crippen LogP contribution in [-0.4, -0.2) is 32.3 Å². The topological polar surface area (TPSA) is 39.7 Å². The molecule has 1 aromatic carbocycles. The molecule has 0 amide bonds. The number of unbranched alkanes of at least 4 members (excludes halogenated alkanes) is 6. The Morgan fingerprint density at radius 1 is 0.600 bits per heavy atom. The highest BCUT2D eigenvalue weighted by Gasteiger charge is 2.41. The summed E-state index contributed by atoms with van der Waals surface area (Å²) in [4.78, 5) is 0. The molecule has 0 aliphatic heterocycles. The van der Waals surface area contributed by atoms with E-state index < -0.39 is 40.7 Å². The summed E-state index contributed by atoms with van der Waals surface area (Å²) < 4.78 is 85.7. The van der Waals surface area contributed by atoms with Crippen LogP contribution < -0.4 is 5.32 Å². The van der Waals surface area contributed by atoms with E-state index in [1.54, 1.807) is 0 Å². The maximum atomic E-state index is 13.9. The van der Waals surface area contributed by atoms with Crippen molar-refractivity contribution in [2.45, 2.75) is 97.9 Å². The molecule has 0 heterocycles. The largest absolute Gasteiger partial charge is 0.380 e. The Hall–Kier alpha value is -1.45. The van der Waals surface area contributed by atoms with E-state index in [1.165, 1.54) is 19.3 Å². The van der Waals surface area contributed by atoms with Crippen LogP contribution in [0.1, 0.15) is 91.9 Å². The molecule has 0 fully saturated rings. The van der Waals surface area contributed by atoms with E-state index in [1.807, 2.05) is 20.8 Å². The summed E-state index contributed by atoms with van der Waals surface area (Å²) in [6.07, 6.45) is 9.43. The Kier molecular flexibility index (Phi) is 15.4. The van der Waals surface area contributed by atoms with Crippen molar-refractivity contribution in [2.75, 3.05) is 31.7 Å². The van der Waals surface area contributed by atoms with Gasteiger partial charge in [0.25, 0.3) is 5.97 Å². The molecule has 1 atom stereocenters. The summed E-state index contributed by atoms with van der Waals surface area (Å²) in [7, 11) is 0. The minimum Gasteiger partial charge on any atom is -0.380 e. The van der Waals surface area contributed by atoms with E-state index in [4.69, 9.17) is 14.2 Å². The first-order valence-corrected chi connectivity index (χ1v) is 13.0. The first-order chi connectivity index (χ1) is 16.8. The number of hydrogen-bond donors (Lipinski definition) is 1. The summed E-state index contributed by atoms with van der Waals surface area (Å²) in [5.41, 5.74) is -1.00. The molecule has 0 spiro atoms. The predicted molar refractivity (Wildman–Crippen MR) is 128 cm³/mol. The highest BCUT2D eigenvalue weighted by molar-refractivity contribution is 5.47. The lowest BCUT2D eigenvalue weighted by Gasteiger charge is -2.39. The molecule has 0 aliphatic rings. The lowest BCUT2D eigenvalue weighted by atomic mass is 9.92. The summed E-state index contributed by atoms with van der Waals surface area (Å²) >= 11 is 0. The van der Waals surface area contributed by atoms with Crippen LogP contribution in [0.25, 0.3) is 0 Å². The Morgan fingerprint density at radius 2 is 1.03 bits per heavy atom. The first-order valence-electron chi connectivity index (χ1n) is 13.0. The zero-order chi connectivity index (χ0) is 26.3. The van der Waals surface area contributed by atoms with Gasteiger partial charge in [0.15, 0.2) is 23.3 Å². The number of anilines is 1. The van der Waals surface area contributed by atoms with Gasteiger partial charge in [0.1, 0.15) is 5.69 Å². The van der Waals surface area contributed by atoms with Crippen LogP contribution in [0.4, 0.5) is 27.6 Å². The SMILES string of the molecule is CCCCCCCCC(CCCCNc1c(F)c(F)c(F)c(F)c1F)C(OCC)(OCC)OCC. The third-order valence-electron chi connectivity index (χ3n) is 5.93. The second kappa shape index (κ2) is 17.1. The third kappa shape index (κ3) is 9.50. The molecule has 0 bridgehead atoms. The second-order valence-corrected chi connectivity index (χ2v) is 8.52. The lowest BCUT2D eigenvalue weighted by Crippen LogP contribution is -2.46. The number of nitrogens with one attached hydrogen (secondary N) is 1. The lowest BCUT2D eigenvalue weighted by molar-refractivity contribution is -0.403. The van der Waals surface area contributed by atoms with Gasteiger partial charge in [0.05, 0.1) is 0 Å². The Morgan fingerprint density at radius 3 is 1.51 bits per heavy atom. The fourth-order valence-corrected chi connectivity index (χ4v) is 4.24. The van der Waals surface area contributed by atoms with Gasteiger partial charge < -0.3 is 19.5 Å². The fraction of sp³-hybridized carbons (Fsp3) is 0.769. The summed E-state index contributed by atoms with van der Waals surface area (Å²) in [6.45, 7) is 9.09. The maximum Gasteiger partial charge on any atom is 0.285 e. The van der Waals surface area contributed by atoms with E-state index in [0.717, 1.165) is 25.7 Å². The van der Waals surface area contributed by atoms with Gasteiger partial charge in [-0.15, -0.1) is 0 Å². The van der Waals surface area contributed by atoms with Crippen molar-refractivity contribution >= 4 is 5.69 Å². The minimum atomic E-state index is -2.16. The quantitative estimate of drug-likeness (QED) is 0.0631. The molecule has 4 nitrogen and oxygen atoms in total. The fourth-order valence-electron chi connectivity index (χ4n) is 4.24. The highest BCUT2D eigenvalue weighted by Crippen LogP contribution is 2.34. The number of hydrogen-bond acceptors (Lipinski definition) is 4. The molecule has 0 aromatic heterocycles. The molecule has 204 valence electrons. The Bertz CT molecular complexity index is 689. The molecule has 0 saturated carbocycles. The molecule has 1 unspecified atom stereocenters. The number of benzene rings is 1. The molecule has 1 rings (SSSR count). The van der Waals surface area contributed by atoms with Crippen LogP contribution in [0.2, 0.25) is 0 Å². The van der Waals surface area contributed by atoms with Crippen molar-refractivity contribution in [1.29, 1.82) is 0 Å². The molecule has 1 aromatic rings. The first kappa shape index (κ1) is 31.6. The average molecular weight is 512 g/mol. The van der Waals surface area contributed by atoms with E-state index in [0.29, 0.717) is 39.1 Å². The highest BCUT2D eigenvalue weighted by atomic mass is 19.2. The number of halogens is 5. The van der Waals surface area contributed by atoms with Crippen molar-refractivity contribution in [2.24, 2.45) is 5.92 Å². The van der Waals surface area contributed by atoms with Crippen LogP contribution in [0.3, 0.4) is 0 Å². The molecular formula is C26H42F5NO3.